The second-order valence-corrected chi connectivity index (χ2v) is 4.66. The summed E-state index contributed by atoms with van der Waals surface area (Å²) in [5.74, 6) is 0.511. The van der Waals surface area contributed by atoms with Crippen molar-refractivity contribution in [3.63, 3.8) is 0 Å². The molecule has 0 spiro atoms. The highest BCUT2D eigenvalue weighted by atomic mass is 16.5. The average molecular weight is 236 g/mol. The summed E-state index contributed by atoms with van der Waals surface area (Å²) in [6.45, 7) is 5.63. The number of hydrogen-bond donors (Lipinski definition) is 2. The fourth-order valence-electron chi connectivity index (χ4n) is 1.17. The maximum absolute atomic E-state index is 11.6. The van der Waals surface area contributed by atoms with E-state index in [1.54, 1.807) is 0 Å². The lowest BCUT2D eigenvalue weighted by Gasteiger charge is -2.30. The van der Waals surface area contributed by atoms with Crippen LogP contribution in [-0.2, 0) is 4.79 Å². The molecule has 0 bridgehead atoms. The maximum atomic E-state index is 11.6. The van der Waals surface area contributed by atoms with E-state index in [0.29, 0.717) is 5.75 Å². The Balaban J connectivity index is 2.41. The van der Waals surface area contributed by atoms with E-state index < -0.39 is 5.54 Å². The van der Waals surface area contributed by atoms with Crippen molar-refractivity contribution < 1.29 is 9.53 Å². The van der Waals surface area contributed by atoms with Gasteiger partial charge in [-0.25, -0.2) is 0 Å². The number of nitrogens with two attached hydrogens (primary N) is 1. The molecule has 4 nitrogen and oxygen atoms in total. The number of para-hydroxylation sites is 1. The van der Waals surface area contributed by atoms with Crippen molar-refractivity contribution >= 4 is 5.91 Å². The molecule has 1 aromatic carbocycles. The van der Waals surface area contributed by atoms with Crippen LogP contribution in [0, 0.1) is 0 Å². The minimum absolute atomic E-state index is 0.000162. The summed E-state index contributed by atoms with van der Waals surface area (Å²) in [6.07, 6.45) is 0. The number of hydrogen-bond acceptors (Lipinski definition) is 3. The van der Waals surface area contributed by atoms with Crippen LogP contribution >= 0.6 is 0 Å². The lowest BCUT2D eigenvalue weighted by Crippen LogP contribution is -2.55. The van der Waals surface area contributed by atoms with Crippen LogP contribution in [-0.4, -0.2) is 24.1 Å². The van der Waals surface area contributed by atoms with Crippen molar-refractivity contribution in [3.05, 3.63) is 30.3 Å². The van der Waals surface area contributed by atoms with Crippen LogP contribution in [0.5, 0.6) is 5.75 Å². The summed E-state index contributed by atoms with van der Waals surface area (Å²) in [4.78, 5) is 11.6. The first-order chi connectivity index (χ1) is 7.92. The third kappa shape index (κ3) is 4.44. The van der Waals surface area contributed by atoms with Gasteiger partial charge in [0.1, 0.15) is 5.75 Å². The molecule has 1 rings (SSSR count). The second kappa shape index (κ2) is 5.68. The number of nitrogens with one attached hydrogen (secondary N) is 1. The van der Waals surface area contributed by atoms with E-state index in [9.17, 15) is 4.79 Å². The number of carbonyl (C=O) groups excluding carboxylic acids is 1. The average Bonchev–Trinajstić information content (AvgIpc) is 2.27. The number of carbonyl (C=O) groups is 1. The smallest absolute Gasteiger partial charge is 0.258 e. The van der Waals surface area contributed by atoms with Gasteiger partial charge in [0.25, 0.3) is 5.91 Å². The van der Waals surface area contributed by atoms with E-state index in [1.807, 2.05) is 51.1 Å². The molecule has 0 saturated heterocycles. The molecule has 0 aliphatic carbocycles. The van der Waals surface area contributed by atoms with Gasteiger partial charge in [0.05, 0.1) is 0 Å². The first-order valence-corrected chi connectivity index (χ1v) is 5.66. The molecule has 1 unspecified atom stereocenters. The molecule has 94 valence electrons. The quantitative estimate of drug-likeness (QED) is 0.810. The van der Waals surface area contributed by atoms with Gasteiger partial charge in [0.15, 0.2) is 6.61 Å². The molecule has 0 heterocycles. The van der Waals surface area contributed by atoms with Gasteiger partial charge in [0.2, 0.25) is 0 Å². The molecule has 0 aliphatic rings. The Morgan fingerprint density at radius 2 is 2.00 bits per heavy atom. The van der Waals surface area contributed by atoms with Crippen LogP contribution in [0.15, 0.2) is 30.3 Å². The van der Waals surface area contributed by atoms with Crippen LogP contribution in [0.25, 0.3) is 0 Å². The Morgan fingerprint density at radius 1 is 1.41 bits per heavy atom. The van der Waals surface area contributed by atoms with Gasteiger partial charge in [-0.15, -0.1) is 0 Å². The van der Waals surface area contributed by atoms with Crippen molar-refractivity contribution in [3.8, 4) is 5.75 Å². The van der Waals surface area contributed by atoms with E-state index in [0.717, 1.165) is 0 Å². The Kier molecular flexibility index (Phi) is 4.52. The molecule has 0 aromatic heterocycles. The number of ether oxygens (including phenoxy) is 1. The van der Waals surface area contributed by atoms with Gasteiger partial charge < -0.3 is 15.8 Å². The van der Waals surface area contributed by atoms with Gasteiger partial charge in [-0.3, -0.25) is 4.79 Å². The fraction of sp³-hybridized carbons (Fsp3) is 0.462. The molecule has 0 radical (unpaired) electrons. The van der Waals surface area contributed by atoms with Crippen LogP contribution in [0.2, 0.25) is 0 Å². The molecule has 0 aliphatic heterocycles. The predicted octanol–water partition coefficient (Wildman–Crippen LogP) is 1.31. The zero-order chi connectivity index (χ0) is 12.9. The van der Waals surface area contributed by atoms with Gasteiger partial charge in [-0.1, -0.05) is 18.2 Å². The van der Waals surface area contributed by atoms with Crippen LogP contribution in [0.3, 0.4) is 0 Å². The zero-order valence-corrected chi connectivity index (χ0v) is 10.6. The first kappa shape index (κ1) is 13.5. The largest absolute Gasteiger partial charge is 0.484 e. The Labute approximate surface area is 102 Å². The van der Waals surface area contributed by atoms with E-state index in [-0.39, 0.29) is 18.6 Å². The van der Waals surface area contributed by atoms with Crippen LogP contribution in [0.1, 0.15) is 20.8 Å². The minimum Gasteiger partial charge on any atom is -0.484 e. The highest BCUT2D eigenvalue weighted by Gasteiger charge is 2.24. The summed E-state index contributed by atoms with van der Waals surface area (Å²) in [5, 5.41) is 2.84. The summed E-state index contributed by atoms with van der Waals surface area (Å²) in [6, 6.07) is 9.11. The predicted molar refractivity (Wildman–Crippen MR) is 67.8 cm³/mol. The molecule has 1 aromatic rings. The Bertz CT molecular complexity index is 361. The monoisotopic (exact) mass is 236 g/mol. The normalized spacial score (nSPS) is 12.9. The maximum Gasteiger partial charge on any atom is 0.258 e. The van der Waals surface area contributed by atoms with E-state index in [1.165, 1.54) is 0 Å². The topological polar surface area (TPSA) is 64.3 Å². The molecule has 1 atom stereocenters. The third-order valence-corrected chi connectivity index (χ3v) is 2.71. The zero-order valence-electron chi connectivity index (χ0n) is 10.6. The Morgan fingerprint density at radius 3 is 2.53 bits per heavy atom. The minimum atomic E-state index is -0.433. The summed E-state index contributed by atoms with van der Waals surface area (Å²) in [7, 11) is 0. The van der Waals surface area contributed by atoms with E-state index in [4.69, 9.17) is 10.5 Å². The number of amides is 1. The molecular weight excluding hydrogens is 216 g/mol. The lowest BCUT2D eigenvalue weighted by molar-refractivity contribution is -0.124. The van der Waals surface area contributed by atoms with E-state index >= 15 is 0 Å². The highest BCUT2D eigenvalue weighted by Crippen LogP contribution is 2.09. The molecule has 3 N–H and O–H groups in total. The summed E-state index contributed by atoms with van der Waals surface area (Å²) < 4.78 is 5.34. The van der Waals surface area contributed by atoms with Crippen molar-refractivity contribution in [1.82, 2.24) is 5.32 Å². The van der Waals surface area contributed by atoms with Gasteiger partial charge in [-0.2, -0.15) is 0 Å². The molecule has 1 amide bonds. The fourth-order valence-corrected chi connectivity index (χ4v) is 1.17. The second-order valence-electron chi connectivity index (χ2n) is 4.66. The number of benzene rings is 1. The lowest BCUT2D eigenvalue weighted by atomic mass is 9.97. The first-order valence-electron chi connectivity index (χ1n) is 5.66. The van der Waals surface area contributed by atoms with Crippen molar-refractivity contribution in [2.75, 3.05) is 6.61 Å². The number of rotatable bonds is 5. The van der Waals surface area contributed by atoms with Gasteiger partial charge >= 0.3 is 0 Å². The summed E-state index contributed by atoms with van der Waals surface area (Å²) in [5.41, 5.74) is 5.34. The standard InChI is InChI=1S/C13H20N2O2/c1-10(14)13(2,3)15-12(16)9-17-11-7-5-4-6-8-11/h4-8,10H,9,14H2,1-3H3,(H,15,16). The molecule has 0 saturated carbocycles. The third-order valence-electron chi connectivity index (χ3n) is 2.71. The van der Waals surface area contributed by atoms with Crippen molar-refractivity contribution in [2.24, 2.45) is 5.73 Å². The molecule has 17 heavy (non-hydrogen) atoms. The Hall–Kier alpha value is -1.55. The van der Waals surface area contributed by atoms with Crippen molar-refractivity contribution in [2.45, 2.75) is 32.4 Å². The van der Waals surface area contributed by atoms with Gasteiger partial charge in [-0.05, 0) is 32.9 Å². The molecule has 4 heteroatoms. The highest BCUT2D eigenvalue weighted by molar-refractivity contribution is 5.78. The van der Waals surface area contributed by atoms with Crippen LogP contribution < -0.4 is 15.8 Å². The SMILES string of the molecule is CC(N)C(C)(C)NC(=O)COc1ccccc1. The van der Waals surface area contributed by atoms with Gasteiger partial charge in [0, 0.05) is 11.6 Å². The summed E-state index contributed by atoms with van der Waals surface area (Å²) >= 11 is 0. The molecule has 0 fully saturated rings. The molecular formula is C13H20N2O2. The van der Waals surface area contributed by atoms with E-state index in [2.05, 4.69) is 5.32 Å². The van der Waals surface area contributed by atoms with Crippen LogP contribution in [0.4, 0.5) is 0 Å². The van der Waals surface area contributed by atoms with Crippen molar-refractivity contribution in [1.29, 1.82) is 0 Å².